The molecule has 3 nitrogen and oxygen atoms in total. The largest absolute Gasteiger partial charge is 0.381 e. The second-order valence-corrected chi connectivity index (χ2v) is 2.96. The van der Waals surface area contributed by atoms with Gasteiger partial charge < -0.3 is 10.1 Å². The van der Waals surface area contributed by atoms with Gasteiger partial charge in [-0.3, -0.25) is 4.99 Å². The normalized spacial score (nSPS) is 11.2. The fourth-order valence-corrected chi connectivity index (χ4v) is 0.906. The SMILES string of the molecule is CCCCOCCCNC/C=N/C. The molecule has 1 N–H and O–H groups in total. The van der Waals surface area contributed by atoms with Gasteiger partial charge in [0.1, 0.15) is 0 Å². The Morgan fingerprint density at radius 3 is 2.77 bits per heavy atom. The molecule has 0 atom stereocenters. The molecule has 0 unspecified atom stereocenters. The Morgan fingerprint density at radius 1 is 1.31 bits per heavy atom. The maximum absolute atomic E-state index is 5.41. The van der Waals surface area contributed by atoms with Crippen LogP contribution in [0.5, 0.6) is 0 Å². The second-order valence-electron chi connectivity index (χ2n) is 2.96. The lowest BCUT2D eigenvalue weighted by molar-refractivity contribution is 0.129. The van der Waals surface area contributed by atoms with Crippen LogP contribution in [-0.2, 0) is 4.74 Å². The van der Waals surface area contributed by atoms with Gasteiger partial charge in [-0.05, 0) is 19.4 Å². The molecule has 0 aliphatic carbocycles. The van der Waals surface area contributed by atoms with E-state index < -0.39 is 0 Å². The van der Waals surface area contributed by atoms with Gasteiger partial charge in [0.2, 0.25) is 0 Å². The second kappa shape index (κ2) is 11.6. The summed E-state index contributed by atoms with van der Waals surface area (Å²) in [6.45, 7) is 5.84. The highest BCUT2D eigenvalue weighted by atomic mass is 16.5. The summed E-state index contributed by atoms with van der Waals surface area (Å²) >= 11 is 0. The van der Waals surface area contributed by atoms with Crippen LogP contribution in [0.15, 0.2) is 4.99 Å². The van der Waals surface area contributed by atoms with E-state index in [1.54, 1.807) is 7.05 Å². The number of unbranched alkanes of at least 4 members (excludes halogenated alkanes) is 1. The molecular weight excluding hydrogens is 164 g/mol. The molecule has 13 heavy (non-hydrogen) atoms. The summed E-state index contributed by atoms with van der Waals surface area (Å²) in [5.74, 6) is 0. The minimum absolute atomic E-state index is 0.867. The molecule has 0 aromatic carbocycles. The van der Waals surface area contributed by atoms with Crippen LogP contribution in [0, 0.1) is 0 Å². The van der Waals surface area contributed by atoms with Gasteiger partial charge in [-0.25, -0.2) is 0 Å². The van der Waals surface area contributed by atoms with Gasteiger partial charge in [0.05, 0.1) is 0 Å². The van der Waals surface area contributed by atoms with Gasteiger partial charge in [-0.2, -0.15) is 0 Å². The monoisotopic (exact) mass is 186 g/mol. The minimum Gasteiger partial charge on any atom is -0.381 e. The van der Waals surface area contributed by atoms with Crippen molar-refractivity contribution in [3.8, 4) is 0 Å². The topological polar surface area (TPSA) is 33.6 Å². The maximum Gasteiger partial charge on any atom is 0.0478 e. The lowest BCUT2D eigenvalue weighted by atomic mass is 10.4. The Bertz CT molecular complexity index is 115. The van der Waals surface area contributed by atoms with Crippen LogP contribution in [0.1, 0.15) is 26.2 Å². The van der Waals surface area contributed by atoms with Crippen LogP contribution in [-0.4, -0.2) is 39.6 Å². The molecule has 0 bridgehead atoms. The van der Waals surface area contributed by atoms with Gasteiger partial charge in [-0.1, -0.05) is 13.3 Å². The number of ether oxygens (including phenoxy) is 1. The number of aliphatic imine (C=N–C) groups is 1. The molecule has 0 heterocycles. The van der Waals surface area contributed by atoms with E-state index in [9.17, 15) is 0 Å². The van der Waals surface area contributed by atoms with E-state index in [-0.39, 0.29) is 0 Å². The first-order chi connectivity index (χ1) is 6.41. The summed E-state index contributed by atoms with van der Waals surface area (Å²) in [5, 5.41) is 3.25. The van der Waals surface area contributed by atoms with E-state index in [0.717, 1.165) is 32.7 Å². The van der Waals surface area contributed by atoms with Gasteiger partial charge in [0.25, 0.3) is 0 Å². The summed E-state index contributed by atoms with van der Waals surface area (Å²) in [4.78, 5) is 3.88. The zero-order valence-electron chi connectivity index (χ0n) is 8.88. The van der Waals surface area contributed by atoms with E-state index in [0.29, 0.717) is 0 Å². The van der Waals surface area contributed by atoms with Gasteiger partial charge in [-0.15, -0.1) is 0 Å². The number of nitrogens with one attached hydrogen (secondary N) is 1. The first-order valence-electron chi connectivity index (χ1n) is 5.11. The molecule has 0 aromatic heterocycles. The van der Waals surface area contributed by atoms with E-state index in [4.69, 9.17) is 4.74 Å². The fourth-order valence-electron chi connectivity index (χ4n) is 0.906. The molecule has 3 heteroatoms. The Kier molecular flexibility index (Phi) is 11.2. The third-order valence-electron chi connectivity index (χ3n) is 1.70. The molecule has 0 saturated carbocycles. The Morgan fingerprint density at radius 2 is 2.08 bits per heavy atom. The first kappa shape index (κ1) is 12.6. The number of rotatable bonds is 9. The molecule has 78 valence electrons. The van der Waals surface area contributed by atoms with Crippen molar-refractivity contribution < 1.29 is 4.74 Å². The highest BCUT2D eigenvalue weighted by Gasteiger charge is 1.88. The van der Waals surface area contributed by atoms with Crippen LogP contribution < -0.4 is 5.32 Å². The molecule has 0 spiro atoms. The molecule has 0 aromatic rings. The van der Waals surface area contributed by atoms with Crippen LogP contribution >= 0.6 is 0 Å². The molecule has 0 amide bonds. The van der Waals surface area contributed by atoms with Crippen LogP contribution in [0.4, 0.5) is 0 Å². The Balaban J connectivity index is 2.83. The summed E-state index contributed by atoms with van der Waals surface area (Å²) in [7, 11) is 1.79. The van der Waals surface area contributed by atoms with Crippen molar-refractivity contribution in [1.82, 2.24) is 5.32 Å². The maximum atomic E-state index is 5.41. The predicted molar refractivity (Wildman–Crippen MR) is 57.6 cm³/mol. The van der Waals surface area contributed by atoms with Crippen LogP contribution in [0.25, 0.3) is 0 Å². The van der Waals surface area contributed by atoms with Gasteiger partial charge in [0, 0.05) is 33.0 Å². The Hall–Kier alpha value is -0.410. The van der Waals surface area contributed by atoms with E-state index >= 15 is 0 Å². The summed E-state index contributed by atoms with van der Waals surface area (Å²) in [5.41, 5.74) is 0. The minimum atomic E-state index is 0.867. The highest BCUT2D eigenvalue weighted by molar-refractivity contribution is 5.59. The number of hydrogen-bond acceptors (Lipinski definition) is 3. The smallest absolute Gasteiger partial charge is 0.0478 e. The number of nitrogens with zero attached hydrogens (tertiary/aromatic N) is 1. The van der Waals surface area contributed by atoms with E-state index in [1.807, 2.05) is 6.21 Å². The van der Waals surface area contributed by atoms with Crippen molar-refractivity contribution in [2.45, 2.75) is 26.2 Å². The fraction of sp³-hybridized carbons (Fsp3) is 0.900. The van der Waals surface area contributed by atoms with Crippen molar-refractivity contribution in [3.63, 3.8) is 0 Å². The van der Waals surface area contributed by atoms with Crippen molar-refractivity contribution in [2.75, 3.05) is 33.4 Å². The third kappa shape index (κ3) is 11.6. The molecular formula is C10H22N2O. The van der Waals surface area contributed by atoms with Crippen molar-refractivity contribution >= 4 is 6.21 Å². The summed E-state index contributed by atoms with van der Waals surface area (Å²) in [6.07, 6.45) is 5.35. The van der Waals surface area contributed by atoms with Gasteiger partial charge >= 0.3 is 0 Å². The van der Waals surface area contributed by atoms with Crippen molar-refractivity contribution in [3.05, 3.63) is 0 Å². The quantitative estimate of drug-likeness (QED) is 0.437. The van der Waals surface area contributed by atoms with Crippen molar-refractivity contribution in [1.29, 1.82) is 0 Å². The zero-order valence-corrected chi connectivity index (χ0v) is 8.88. The summed E-state index contributed by atoms with van der Waals surface area (Å²) in [6, 6.07) is 0. The molecule has 0 rings (SSSR count). The van der Waals surface area contributed by atoms with E-state index in [2.05, 4.69) is 17.2 Å². The molecule has 0 aliphatic rings. The van der Waals surface area contributed by atoms with E-state index in [1.165, 1.54) is 12.8 Å². The zero-order chi connectivity index (χ0) is 9.78. The van der Waals surface area contributed by atoms with Crippen LogP contribution in [0.2, 0.25) is 0 Å². The molecule has 0 aliphatic heterocycles. The average Bonchev–Trinajstić information content (AvgIpc) is 2.16. The molecule has 0 radical (unpaired) electrons. The van der Waals surface area contributed by atoms with Gasteiger partial charge in [0.15, 0.2) is 0 Å². The highest BCUT2D eigenvalue weighted by Crippen LogP contribution is 1.88. The lowest BCUT2D eigenvalue weighted by Crippen LogP contribution is -2.19. The first-order valence-corrected chi connectivity index (χ1v) is 5.11. The molecule has 0 fully saturated rings. The van der Waals surface area contributed by atoms with Crippen LogP contribution in [0.3, 0.4) is 0 Å². The number of hydrogen-bond donors (Lipinski definition) is 1. The molecule has 0 saturated heterocycles. The predicted octanol–water partition coefficient (Wildman–Crippen LogP) is 1.48. The average molecular weight is 186 g/mol. The third-order valence-corrected chi connectivity index (χ3v) is 1.70. The van der Waals surface area contributed by atoms with Crippen molar-refractivity contribution in [2.24, 2.45) is 4.99 Å². The standard InChI is InChI=1S/C10H22N2O/c1-3-4-9-13-10-5-6-12-8-7-11-2/h7,12H,3-6,8-10H2,1-2H3/b11-7+. The Labute approximate surface area is 81.6 Å². The summed E-state index contributed by atoms with van der Waals surface area (Å²) < 4.78 is 5.41. The lowest BCUT2D eigenvalue weighted by Gasteiger charge is -2.03.